The fraction of sp³-hybridized carbons (Fsp3) is 0.519. The number of ether oxygens (including phenoxy) is 2. The highest BCUT2D eigenvalue weighted by Gasteiger charge is 2.24. The molecule has 0 fully saturated rings. The molecule has 2 atom stereocenters. The Kier molecular flexibility index (Phi) is 15.9. The molecule has 0 saturated carbocycles. The molecule has 232 valence electrons. The lowest BCUT2D eigenvalue weighted by atomic mass is 10.0. The van der Waals surface area contributed by atoms with E-state index in [0.29, 0.717) is 5.56 Å². The van der Waals surface area contributed by atoms with Crippen LogP contribution in [0.1, 0.15) is 56.5 Å². The number of carbonyl (C=O) groups is 7. The molecule has 0 aromatic heterocycles. The van der Waals surface area contributed by atoms with Crippen LogP contribution in [0.2, 0.25) is 0 Å². The summed E-state index contributed by atoms with van der Waals surface area (Å²) in [5.41, 5.74) is 5.38. The van der Waals surface area contributed by atoms with Crippen LogP contribution in [0.5, 0.6) is 0 Å². The number of carbonyl (C=O) groups excluding carboxylic acids is 7. The summed E-state index contributed by atoms with van der Waals surface area (Å²) in [4.78, 5) is 83.7. The Morgan fingerprint density at radius 1 is 0.881 bits per heavy atom. The summed E-state index contributed by atoms with van der Waals surface area (Å²) in [5, 5.41) is 9.95. The number of benzene rings is 1. The number of ketones is 1. The minimum atomic E-state index is -0.982. The van der Waals surface area contributed by atoms with Crippen molar-refractivity contribution in [3.05, 3.63) is 29.3 Å². The molecule has 1 rings (SSSR count). The van der Waals surface area contributed by atoms with E-state index in [2.05, 4.69) is 21.3 Å². The third-order valence-electron chi connectivity index (χ3n) is 5.77. The number of Topliss-reactive ketones (excluding diaryl/α,β-unsaturated/α-hetero) is 1. The summed E-state index contributed by atoms with van der Waals surface area (Å²) < 4.78 is 10.1. The van der Waals surface area contributed by atoms with E-state index in [1.807, 2.05) is 9.24 Å². The first-order valence-corrected chi connectivity index (χ1v) is 13.9. The second kappa shape index (κ2) is 18.5. The summed E-state index contributed by atoms with van der Waals surface area (Å²) in [7, 11) is 1.84. The number of hydrogen-bond acceptors (Lipinski definition) is 9. The van der Waals surface area contributed by atoms with E-state index in [4.69, 9.17) is 15.2 Å². The van der Waals surface area contributed by atoms with Gasteiger partial charge in [-0.1, -0.05) is 33.8 Å². The van der Waals surface area contributed by atoms with Crippen LogP contribution < -0.4 is 27.0 Å². The average molecular weight is 610 g/mol. The molecule has 0 saturated heterocycles. The lowest BCUT2D eigenvalue weighted by Crippen LogP contribution is -2.52. The van der Waals surface area contributed by atoms with Crippen LogP contribution in [0.4, 0.5) is 10.5 Å². The third kappa shape index (κ3) is 14.1. The van der Waals surface area contributed by atoms with Crippen molar-refractivity contribution in [2.75, 3.05) is 31.6 Å². The second-order valence-electron chi connectivity index (χ2n) is 9.91. The molecule has 0 aliphatic rings. The Bertz CT molecular complexity index is 1160. The van der Waals surface area contributed by atoms with Gasteiger partial charge in [0, 0.05) is 35.6 Å². The molecule has 5 amide bonds. The van der Waals surface area contributed by atoms with Crippen LogP contribution in [-0.2, 0) is 40.1 Å². The summed E-state index contributed by atoms with van der Waals surface area (Å²) in [5.74, 6) is -3.39. The zero-order chi connectivity index (χ0) is 31.8. The van der Waals surface area contributed by atoms with E-state index in [0.717, 1.165) is 0 Å². The van der Waals surface area contributed by atoms with Crippen LogP contribution in [-0.4, -0.2) is 73.4 Å². The van der Waals surface area contributed by atoms with Crippen molar-refractivity contribution < 1.29 is 43.0 Å². The molecule has 0 heterocycles. The zero-order valence-electron chi connectivity index (χ0n) is 24.2. The van der Waals surface area contributed by atoms with Gasteiger partial charge in [0.25, 0.3) is 0 Å². The van der Waals surface area contributed by atoms with Gasteiger partial charge in [0.15, 0.2) is 0 Å². The number of nitrogens with two attached hydrogens (primary N) is 1. The molecule has 2 unspecified atom stereocenters. The maximum absolute atomic E-state index is 12.7. The zero-order valence-corrected chi connectivity index (χ0v) is 25.4. The number of amides is 5. The first kappa shape index (κ1) is 36.1. The Morgan fingerprint density at radius 3 is 2.12 bits per heavy atom. The Labute approximate surface area is 246 Å². The average Bonchev–Trinajstić information content (AvgIpc) is 2.91. The Balaban J connectivity index is 2.52. The van der Waals surface area contributed by atoms with E-state index in [9.17, 15) is 33.6 Å². The van der Waals surface area contributed by atoms with Gasteiger partial charge in [0.2, 0.25) is 29.5 Å². The van der Waals surface area contributed by atoms with Crippen molar-refractivity contribution in [1.82, 2.24) is 16.0 Å². The highest BCUT2D eigenvalue weighted by Crippen LogP contribution is 2.17. The number of primary amides is 1. The normalized spacial score (nSPS) is 11.4. The molecule has 1 aromatic rings. The highest BCUT2D eigenvalue weighted by molar-refractivity contribution is 7.39. The van der Waals surface area contributed by atoms with Gasteiger partial charge in [0.05, 0.1) is 26.3 Å². The molecule has 0 bridgehead atoms. The Morgan fingerprint density at radius 2 is 1.52 bits per heavy atom. The molecule has 1 aromatic carbocycles. The molecule has 0 aliphatic carbocycles. The molecular weight excluding hydrogens is 569 g/mol. The lowest BCUT2D eigenvalue weighted by Gasteiger charge is -2.21. The van der Waals surface area contributed by atoms with Crippen LogP contribution >= 0.6 is 9.24 Å². The second-order valence-corrected chi connectivity index (χ2v) is 10.4. The summed E-state index contributed by atoms with van der Waals surface area (Å²) in [6.07, 6.45) is 0.269. The highest BCUT2D eigenvalue weighted by atomic mass is 31.0. The number of anilines is 1. The smallest absolute Gasteiger partial charge is 0.320 e. The van der Waals surface area contributed by atoms with E-state index in [1.165, 1.54) is 18.2 Å². The summed E-state index contributed by atoms with van der Waals surface area (Å²) in [6, 6.07) is 3.28. The number of nitrogens with one attached hydrogen (secondary N) is 4. The Hall–Kier alpha value is -3.90. The van der Waals surface area contributed by atoms with Gasteiger partial charge in [-0.05, 0) is 27.3 Å². The quantitative estimate of drug-likeness (QED) is 0.116. The van der Waals surface area contributed by atoms with Crippen molar-refractivity contribution in [3.8, 4) is 0 Å². The number of hydrogen-bond donors (Lipinski definition) is 5. The van der Waals surface area contributed by atoms with Crippen LogP contribution in [0.3, 0.4) is 0 Å². The van der Waals surface area contributed by atoms with Crippen LogP contribution in [0.25, 0.3) is 0 Å². The fourth-order valence-electron chi connectivity index (χ4n) is 3.40. The van der Waals surface area contributed by atoms with Crippen LogP contribution in [0, 0.1) is 11.8 Å². The van der Waals surface area contributed by atoms with Gasteiger partial charge in [-0.25, -0.2) is 4.79 Å². The fourth-order valence-corrected chi connectivity index (χ4v) is 3.48. The van der Waals surface area contributed by atoms with E-state index in [1.54, 1.807) is 27.7 Å². The van der Waals surface area contributed by atoms with Crippen molar-refractivity contribution in [1.29, 1.82) is 0 Å². The van der Waals surface area contributed by atoms with Gasteiger partial charge < -0.3 is 36.5 Å². The topological polar surface area (TPSA) is 212 Å². The third-order valence-corrected chi connectivity index (χ3v) is 5.94. The SMILES string of the molecule is CC(C)C(=O)CCOCCC(=O)NCC(=O)NC(C(=O)NCC(=O)Nc1ccc(COC(=O)P)c(C(N)=O)c1)C(C)C. The van der Waals surface area contributed by atoms with Gasteiger partial charge >= 0.3 is 5.71 Å². The molecule has 15 heteroatoms. The molecule has 42 heavy (non-hydrogen) atoms. The molecule has 0 aliphatic heterocycles. The van der Waals surface area contributed by atoms with Gasteiger partial charge in [-0.15, -0.1) is 0 Å². The van der Waals surface area contributed by atoms with Crippen molar-refractivity contribution in [2.24, 2.45) is 17.6 Å². The molecule has 6 N–H and O–H groups in total. The van der Waals surface area contributed by atoms with Gasteiger partial charge in [-0.3, -0.25) is 28.8 Å². The standard InChI is InChI=1S/C27H40N5O9P/c1-15(2)20(33)7-9-40-10-8-21(34)29-12-23(36)32-24(16(3)4)26(38)30-13-22(35)31-18-6-5-17(14-41-27(39)42)19(11-18)25(28)37/h5-6,11,15-16,24H,7-10,12-14,42H2,1-4H3,(H2,28,37)(H,29,34)(H,30,38)(H,31,35)(H,32,36). The molecule has 0 spiro atoms. The summed E-state index contributed by atoms with van der Waals surface area (Å²) >= 11 is 0. The lowest BCUT2D eigenvalue weighted by molar-refractivity contribution is -0.131. The van der Waals surface area contributed by atoms with Gasteiger partial charge in [0.1, 0.15) is 18.4 Å². The first-order chi connectivity index (χ1) is 19.7. The van der Waals surface area contributed by atoms with E-state index in [-0.39, 0.29) is 68.1 Å². The molecular formula is C27H40N5O9P. The molecule has 14 nitrogen and oxygen atoms in total. The maximum Gasteiger partial charge on any atom is 0.320 e. The van der Waals surface area contributed by atoms with Crippen LogP contribution in [0.15, 0.2) is 18.2 Å². The van der Waals surface area contributed by atoms with Crippen molar-refractivity contribution in [3.63, 3.8) is 0 Å². The van der Waals surface area contributed by atoms with E-state index < -0.39 is 47.8 Å². The maximum atomic E-state index is 12.7. The van der Waals surface area contributed by atoms with Gasteiger partial charge in [-0.2, -0.15) is 0 Å². The largest absolute Gasteiger partial charge is 0.458 e. The van der Waals surface area contributed by atoms with Crippen molar-refractivity contribution in [2.45, 2.75) is 53.2 Å². The minimum Gasteiger partial charge on any atom is -0.458 e. The predicted octanol–water partition coefficient (Wildman–Crippen LogP) is 0.631. The minimum absolute atomic E-state index is 0.00136. The number of rotatable bonds is 18. The monoisotopic (exact) mass is 609 g/mol. The summed E-state index contributed by atoms with van der Waals surface area (Å²) in [6.45, 7) is 6.32. The van der Waals surface area contributed by atoms with E-state index >= 15 is 0 Å². The molecule has 0 radical (unpaired) electrons. The first-order valence-electron chi connectivity index (χ1n) is 13.3. The van der Waals surface area contributed by atoms with Crippen molar-refractivity contribution >= 4 is 56.0 Å². The predicted molar refractivity (Wildman–Crippen MR) is 156 cm³/mol.